The van der Waals surface area contributed by atoms with E-state index in [-0.39, 0.29) is 12.1 Å². The highest BCUT2D eigenvalue weighted by atomic mass is 32.1. The molecule has 144 valence electrons. The lowest BCUT2D eigenvalue weighted by Gasteiger charge is -2.27. The number of alkyl halides is 3. The molecule has 0 radical (unpaired) electrons. The highest BCUT2D eigenvalue weighted by Gasteiger charge is 2.58. The normalized spacial score (nSPS) is 13.7. The molecule has 0 aliphatic rings. The van der Waals surface area contributed by atoms with Crippen LogP contribution in [-0.2, 0) is 16.8 Å². The number of fused-ring (bicyclic) bond motifs is 1. The zero-order chi connectivity index (χ0) is 20.4. The lowest BCUT2D eigenvalue weighted by Crippen LogP contribution is -2.45. The zero-order valence-electron chi connectivity index (χ0n) is 14.3. The maximum absolute atomic E-state index is 13.7. The van der Waals surface area contributed by atoms with Crippen molar-refractivity contribution >= 4 is 33.1 Å². The predicted molar refractivity (Wildman–Crippen MR) is 98.6 cm³/mol. The second kappa shape index (κ2) is 7.58. The van der Waals surface area contributed by atoms with Crippen molar-refractivity contribution in [3.05, 3.63) is 59.1 Å². The fourth-order valence-electron chi connectivity index (χ4n) is 2.58. The maximum atomic E-state index is 13.7. The molecule has 1 atom stereocenters. The van der Waals surface area contributed by atoms with E-state index in [4.69, 9.17) is 5.26 Å². The number of halogens is 3. The van der Waals surface area contributed by atoms with Gasteiger partial charge in [0.25, 0.3) is 0 Å². The Morgan fingerprint density at radius 3 is 2.46 bits per heavy atom. The SMILES string of the molecule is N#CCc1ccc(NC(=O)CC(O)(c2nc3ccccc3s2)C(F)(F)F)cc1. The number of aliphatic hydroxyl groups is 1. The number of thiazole rings is 1. The number of rotatable bonds is 5. The number of nitrogens with zero attached hydrogens (tertiary/aromatic N) is 2. The number of nitriles is 1. The molecular formula is C19H14F3N3O2S. The fourth-order valence-corrected chi connectivity index (χ4v) is 3.65. The lowest BCUT2D eigenvalue weighted by atomic mass is 9.99. The molecule has 5 nitrogen and oxygen atoms in total. The third-order valence-corrected chi connectivity index (χ3v) is 5.24. The molecular weight excluding hydrogens is 391 g/mol. The van der Waals surface area contributed by atoms with Crippen LogP contribution in [0.4, 0.5) is 18.9 Å². The van der Waals surface area contributed by atoms with Crippen LogP contribution in [0.15, 0.2) is 48.5 Å². The Morgan fingerprint density at radius 2 is 1.86 bits per heavy atom. The van der Waals surface area contributed by atoms with Gasteiger partial charge in [-0.1, -0.05) is 24.3 Å². The highest BCUT2D eigenvalue weighted by molar-refractivity contribution is 7.18. The van der Waals surface area contributed by atoms with Crippen LogP contribution in [0.25, 0.3) is 10.2 Å². The first-order chi connectivity index (χ1) is 13.2. The van der Waals surface area contributed by atoms with Crippen molar-refractivity contribution < 1.29 is 23.1 Å². The van der Waals surface area contributed by atoms with Crippen LogP contribution in [0.3, 0.4) is 0 Å². The van der Waals surface area contributed by atoms with Gasteiger partial charge in [-0.3, -0.25) is 4.79 Å². The summed E-state index contributed by atoms with van der Waals surface area (Å²) in [6.45, 7) is 0. The van der Waals surface area contributed by atoms with Crippen LogP contribution >= 0.6 is 11.3 Å². The van der Waals surface area contributed by atoms with Gasteiger partial charge in [-0.2, -0.15) is 18.4 Å². The van der Waals surface area contributed by atoms with Gasteiger partial charge < -0.3 is 10.4 Å². The Hall–Kier alpha value is -2.96. The first-order valence-corrected chi connectivity index (χ1v) is 8.95. The van der Waals surface area contributed by atoms with Crippen LogP contribution in [0, 0.1) is 11.3 Å². The molecule has 1 unspecified atom stereocenters. The summed E-state index contributed by atoms with van der Waals surface area (Å²) in [7, 11) is 0. The lowest BCUT2D eigenvalue weighted by molar-refractivity contribution is -0.266. The third kappa shape index (κ3) is 3.98. The molecule has 1 amide bonds. The van der Waals surface area contributed by atoms with E-state index in [0.717, 1.165) is 0 Å². The van der Waals surface area contributed by atoms with Gasteiger partial charge in [0, 0.05) is 5.69 Å². The average Bonchev–Trinajstić information content (AvgIpc) is 3.07. The Kier molecular flexibility index (Phi) is 5.36. The van der Waals surface area contributed by atoms with Crippen LogP contribution < -0.4 is 5.32 Å². The molecule has 1 heterocycles. The van der Waals surface area contributed by atoms with Crippen LogP contribution in [0.1, 0.15) is 17.0 Å². The summed E-state index contributed by atoms with van der Waals surface area (Å²) in [5.41, 5.74) is -2.11. The summed E-state index contributed by atoms with van der Waals surface area (Å²) < 4.78 is 41.5. The molecule has 0 bridgehead atoms. The van der Waals surface area contributed by atoms with Gasteiger partial charge in [0.15, 0.2) is 0 Å². The Morgan fingerprint density at radius 1 is 1.18 bits per heavy atom. The summed E-state index contributed by atoms with van der Waals surface area (Å²) in [5.74, 6) is -1.01. The molecule has 3 rings (SSSR count). The summed E-state index contributed by atoms with van der Waals surface area (Å²) in [6, 6.07) is 14.5. The maximum Gasteiger partial charge on any atom is 0.424 e. The number of aromatic nitrogens is 1. The van der Waals surface area contributed by atoms with E-state index in [2.05, 4.69) is 10.3 Å². The number of carbonyl (C=O) groups is 1. The number of para-hydroxylation sites is 1. The minimum Gasteiger partial charge on any atom is -0.374 e. The molecule has 0 saturated heterocycles. The van der Waals surface area contributed by atoms with Crippen molar-refractivity contribution in [3.8, 4) is 6.07 Å². The summed E-state index contributed by atoms with van der Waals surface area (Å²) in [4.78, 5) is 16.1. The van der Waals surface area contributed by atoms with Crippen LogP contribution in [-0.4, -0.2) is 22.2 Å². The standard InChI is InChI=1S/C19H14F3N3O2S/c20-19(21,22)18(27,17-25-14-3-1-2-4-15(14)28-17)11-16(26)24-13-7-5-12(6-8-13)9-10-23/h1-8,27H,9,11H2,(H,24,26). The number of benzene rings is 2. The Labute approximate surface area is 162 Å². The third-order valence-electron chi connectivity index (χ3n) is 4.05. The number of amides is 1. The molecule has 0 spiro atoms. The number of hydrogen-bond acceptors (Lipinski definition) is 5. The molecule has 3 aromatic rings. The van der Waals surface area contributed by atoms with Crippen LogP contribution in [0.2, 0.25) is 0 Å². The van der Waals surface area contributed by atoms with Crippen molar-refractivity contribution in [2.75, 3.05) is 5.32 Å². The smallest absolute Gasteiger partial charge is 0.374 e. The van der Waals surface area contributed by atoms with Crippen LogP contribution in [0.5, 0.6) is 0 Å². The predicted octanol–water partition coefficient (Wildman–Crippen LogP) is 4.14. The Bertz CT molecular complexity index is 1010. The van der Waals surface area contributed by atoms with E-state index in [0.29, 0.717) is 27.1 Å². The minimum absolute atomic E-state index is 0.180. The molecule has 1 aromatic heterocycles. The van der Waals surface area contributed by atoms with E-state index in [9.17, 15) is 23.1 Å². The van der Waals surface area contributed by atoms with Crippen molar-refractivity contribution in [2.45, 2.75) is 24.6 Å². The number of anilines is 1. The van der Waals surface area contributed by atoms with Gasteiger partial charge in [-0.25, -0.2) is 4.98 Å². The first-order valence-electron chi connectivity index (χ1n) is 8.14. The summed E-state index contributed by atoms with van der Waals surface area (Å²) in [6.07, 6.45) is -6.13. The molecule has 0 saturated carbocycles. The average molecular weight is 405 g/mol. The fraction of sp³-hybridized carbons (Fsp3) is 0.211. The monoisotopic (exact) mass is 405 g/mol. The molecule has 2 N–H and O–H groups in total. The quantitative estimate of drug-likeness (QED) is 0.668. The topological polar surface area (TPSA) is 86.0 Å². The van der Waals surface area contributed by atoms with Crippen molar-refractivity contribution in [3.63, 3.8) is 0 Å². The number of nitrogens with one attached hydrogen (secondary N) is 1. The van der Waals surface area contributed by atoms with Gasteiger partial charge in [-0.05, 0) is 29.8 Å². The molecule has 2 aromatic carbocycles. The van der Waals surface area contributed by atoms with Crippen molar-refractivity contribution in [1.29, 1.82) is 5.26 Å². The van der Waals surface area contributed by atoms with Gasteiger partial charge >= 0.3 is 6.18 Å². The van der Waals surface area contributed by atoms with Gasteiger partial charge in [0.2, 0.25) is 11.5 Å². The minimum atomic E-state index is -5.09. The second-order valence-electron chi connectivity index (χ2n) is 6.10. The van der Waals surface area contributed by atoms with Crippen molar-refractivity contribution in [1.82, 2.24) is 4.98 Å². The number of hydrogen-bond donors (Lipinski definition) is 2. The molecule has 0 aliphatic heterocycles. The van der Waals surface area contributed by atoms with Gasteiger partial charge in [-0.15, -0.1) is 11.3 Å². The van der Waals surface area contributed by atoms with E-state index in [1.54, 1.807) is 30.3 Å². The van der Waals surface area contributed by atoms with Crippen molar-refractivity contribution in [2.24, 2.45) is 0 Å². The molecule has 0 aliphatic carbocycles. The van der Waals surface area contributed by atoms with E-state index >= 15 is 0 Å². The van der Waals surface area contributed by atoms with E-state index in [1.807, 2.05) is 6.07 Å². The van der Waals surface area contributed by atoms with Gasteiger partial charge in [0.1, 0.15) is 5.01 Å². The Balaban J connectivity index is 1.84. The summed E-state index contributed by atoms with van der Waals surface area (Å²) >= 11 is 0.695. The second-order valence-corrected chi connectivity index (χ2v) is 7.13. The zero-order valence-corrected chi connectivity index (χ0v) is 15.1. The molecule has 9 heteroatoms. The highest BCUT2D eigenvalue weighted by Crippen LogP contribution is 2.44. The summed E-state index contributed by atoms with van der Waals surface area (Å²) in [5, 5.41) is 20.8. The molecule has 28 heavy (non-hydrogen) atoms. The van der Waals surface area contributed by atoms with Gasteiger partial charge in [0.05, 0.1) is 29.1 Å². The largest absolute Gasteiger partial charge is 0.424 e. The first kappa shape index (κ1) is 19.8. The molecule has 0 fully saturated rings. The van der Waals surface area contributed by atoms with E-state index < -0.39 is 29.1 Å². The number of carbonyl (C=O) groups excluding carboxylic acids is 1. The van der Waals surface area contributed by atoms with E-state index in [1.165, 1.54) is 18.2 Å².